The Balaban J connectivity index is 1.68. The molecule has 9 heteroatoms. The van der Waals surface area contributed by atoms with E-state index in [9.17, 15) is 18.0 Å². The number of benzene rings is 2. The average Bonchev–Trinajstić information content (AvgIpc) is 2.84. The highest BCUT2D eigenvalue weighted by Gasteiger charge is 2.32. The number of alkyl halides is 3. The van der Waals surface area contributed by atoms with Crippen LogP contribution in [0, 0.1) is 0 Å². The minimum atomic E-state index is -4.76. The van der Waals surface area contributed by atoms with Crippen molar-refractivity contribution in [3.63, 3.8) is 0 Å². The number of fused-ring (bicyclic) bond motifs is 1. The van der Waals surface area contributed by atoms with Crippen LogP contribution < -0.4 is 15.6 Å². The van der Waals surface area contributed by atoms with Gasteiger partial charge in [0.2, 0.25) is 0 Å². The minimum Gasteiger partial charge on any atom is -0.406 e. The summed E-state index contributed by atoms with van der Waals surface area (Å²) in [5, 5.41) is 4.40. The first-order chi connectivity index (χ1) is 17.3. The van der Waals surface area contributed by atoms with E-state index < -0.39 is 6.36 Å². The third kappa shape index (κ3) is 6.46. The summed E-state index contributed by atoms with van der Waals surface area (Å²) >= 11 is 0. The summed E-state index contributed by atoms with van der Waals surface area (Å²) < 4.78 is 48.1. The number of likely N-dealkylation sites (tertiary alicyclic amines) is 1. The van der Waals surface area contributed by atoms with Crippen molar-refractivity contribution >= 4 is 10.9 Å². The number of hydrogen-bond acceptors (Lipinski definition) is 5. The van der Waals surface area contributed by atoms with Crippen molar-refractivity contribution in [3.05, 3.63) is 75.6 Å². The number of methoxy groups -OCH3 is 1. The van der Waals surface area contributed by atoms with E-state index in [0.29, 0.717) is 24.6 Å². The number of ether oxygens (including phenoxy) is 2. The molecule has 4 rings (SSSR count). The predicted octanol–water partition coefficient (Wildman–Crippen LogP) is 4.78. The Morgan fingerprint density at radius 1 is 1.11 bits per heavy atom. The fourth-order valence-electron chi connectivity index (χ4n) is 4.93. The number of aromatic nitrogens is 1. The molecule has 2 aromatic carbocycles. The Morgan fingerprint density at radius 3 is 2.56 bits per heavy atom. The van der Waals surface area contributed by atoms with Crippen LogP contribution in [0.3, 0.4) is 0 Å². The highest BCUT2D eigenvalue weighted by molar-refractivity contribution is 5.80. The number of piperidine rings is 1. The zero-order valence-corrected chi connectivity index (χ0v) is 20.5. The first-order valence-corrected chi connectivity index (χ1v) is 12.3. The van der Waals surface area contributed by atoms with Crippen LogP contribution >= 0.6 is 0 Å². The van der Waals surface area contributed by atoms with Crippen molar-refractivity contribution in [2.24, 2.45) is 0 Å². The lowest BCUT2D eigenvalue weighted by atomic mass is 9.92. The summed E-state index contributed by atoms with van der Waals surface area (Å²) in [7, 11) is 1.67. The number of H-pyrrole nitrogens is 1. The van der Waals surface area contributed by atoms with Crippen LogP contribution in [-0.4, -0.2) is 55.6 Å². The van der Waals surface area contributed by atoms with Gasteiger partial charge in [0.25, 0.3) is 5.56 Å². The first kappa shape index (κ1) is 26.2. The standard InChI is InChI=1S/C27H32F3N3O3/c1-3-18-15-21-16-20(7-8-24(21)32-26(18)34)25(19-5-4-6-23(17-19)36-27(28,29)30)33-12-9-22(10-13-33)31-11-14-35-2/h4-8,15-17,22,25,31H,3,9-14H2,1-2H3,(H,32,34). The maximum absolute atomic E-state index is 12.9. The molecule has 0 aliphatic carbocycles. The van der Waals surface area contributed by atoms with Gasteiger partial charge in [-0.05, 0) is 66.1 Å². The van der Waals surface area contributed by atoms with Gasteiger partial charge >= 0.3 is 6.36 Å². The van der Waals surface area contributed by atoms with E-state index in [1.165, 1.54) is 12.1 Å². The maximum Gasteiger partial charge on any atom is 0.573 e. The molecule has 1 aromatic heterocycles. The van der Waals surface area contributed by atoms with Crippen LogP contribution in [0.1, 0.15) is 42.5 Å². The van der Waals surface area contributed by atoms with Gasteiger partial charge in [0.15, 0.2) is 0 Å². The molecule has 0 saturated carbocycles. The van der Waals surface area contributed by atoms with Crippen molar-refractivity contribution in [3.8, 4) is 5.75 Å². The van der Waals surface area contributed by atoms with Gasteiger partial charge in [-0.15, -0.1) is 13.2 Å². The van der Waals surface area contributed by atoms with Crippen LogP contribution in [-0.2, 0) is 11.2 Å². The zero-order valence-electron chi connectivity index (χ0n) is 20.5. The number of nitrogens with zero attached hydrogens (tertiary/aromatic N) is 1. The monoisotopic (exact) mass is 503 g/mol. The zero-order chi connectivity index (χ0) is 25.7. The highest BCUT2D eigenvalue weighted by Crippen LogP contribution is 2.35. The van der Waals surface area contributed by atoms with Crippen LogP contribution in [0.25, 0.3) is 10.9 Å². The van der Waals surface area contributed by atoms with Crippen LogP contribution in [0.4, 0.5) is 13.2 Å². The van der Waals surface area contributed by atoms with E-state index in [-0.39, 0.29) is 17.4 Å². The van der Waals surface area contributed by atoms with E-state index in [4.69, 9.17) is 4.74 Å². The van der Waals surface area contributed by atoms with Gasteiger partial charge in [-0.1, -0.05) is 25.1 Å². The van der Waals surface area contributed by atoms with Crippen molar-refractivity contribution in [2.45, 2.75) is 44.6 Å². The maximum atomic E-state index is 12.9. The Morgan fingerprint density at radius 2 is 1.86 bits per heavy atom. The number of rotatable bonds is 9. The summed E-state index contributed by atoms with van der Waals surface area (Å²) in [6.07, 6.45) is -2.31. The normalized spacial score (nSPS) is 16.4. The topological polar surface area (TPSA) is 66.6 Å². The van der Waals surface area contributed by atoms with Gasteiger partial charge in [0.1, 0.15) is 5.75 Å². The molecule has 6 nitrogen and oxygen atoms in total. The molecule has 1 unspecified atom stereocenters. The van der Waals surface area contributed by atoms with Crippen LogP contribution in [0.5, 0.6) is 5.75 Å². The Hall–Kier alpha value is -2.88. The second-order valence-electron chi connectivity index (χ2n) is 9.10. The molecule has 1 saturated heterocycles. The highest BCUT2D eigenvalue weighted by atomic mass is 19.4. The molecule has 1 atom stereocenters. The smallest absolute Gasteiger partial charge is 0.406 e. The first-order valence-electron chi connectivity index (χ1n) is 12.3. The number of halogens is 3. The van der Waals surface area contributed by atoms with Crippen molar-refractivity contribution < 1.29 is 22.6 Å². The van der Waals surface area contributed by atoms with Crippen LogP contribution in [0.15, 0.2) is 53.3 Å². The molecule has 194 valence electrons. The fraction of sp³-hybridized carbons (Fsp3) is 0.444. The van der Waals surface area contributed by atoms with Gasteiger partial charge in [-0.25, -0.2) is 0 Å². The summed E-state index contributed by atoms with van der Waals surface area (Å²) in [5.74, 6) is -0.237. The SMILES string of the molecule is CCc1cc2cc(C(c3cccc(OC(F)(F)F)c3)N3CCC(NCCOC)CC3)ccc2[nH]c1=O. The summed E-state index contributed by atoms with van der Waals surface area (Å²) in [4.78, 5) is 17.5. The molecule has 0 amide bonds. The number of aromatic amines is 1. The molecule has 0 bridgehead atoms. The lowest BCUT2D eigenvalue weighted by Crippen LogP contribution is -2.44. The molecule has 3 aromatic rings. The Bertz CT molecular complexity index is 1220. The van der Waals surface area contributed by atoms with E-state index in [1.54, 1.807) is 13.2 Å². The fourth-order valence-corrected chi connectivity index (χ4v) is 4.93. The quantitative estimate of drug-likeness (QED) is 0.412. The van der Waals surface area contributed by atoms with Gasteiger partial charge in [-0.3, -0.25) is 9.69 Å². The molecule has 2 N–H and O–H groups in total. The van der Waals surface area contributed by atoms with E-state index >= 15 is 0 Å². The van der Waals surface area contributed by atoms with Crippen molar-refractivity contribution in [2.75, 3.05) is 33.4 Å². The third-order valence-electron chi connectivity index (χ3n) is 6.68. The average molecular weight is 504 g/mol. The Labute approximate surface area is 208 Å². The van der Waals surface area contributed by atoms with E-state index in [1.807, 2.05) is 37.3 Å². The van der Waals surface area contributed by atoms with Gasteiger partial charge in [0.05, 0.1) is 12.6 Å². The molecular formula is C27H32F3N3O3. The van der Waals surface area contributed by atoms with Gasteiger partial charge in [0, 0.05) is 43.9 Å². The molecular weight excluding hydrogens is 471 g/mol. The number of hydrogen-bond donors (Lipinski definition) is 2. The number of aryl methyl sites for hydroxylation is 1. The molecule has 1 fully saturated rings. The van der Waals surface area contributed by atoms with Crippen molar-refractivity contribution in [1.82, 2.24) is 15.2 Å². The van der Waals surface area contributed by atoms with E-state index in [2.05, 4.69) is 19.9 Å². The summed E-state index contributed by atoms with van der Waals surface area (Å²) in [6, 6.07) is 14.0. The second-order valence-corrected chi connectivity index (χ2v) is 9.10. The molecule has 1 aliphatic heterocycles. The predicted molar refractivity (Wildman–Crippen MR) is 133 cm³/mol. The molecule has 2 heterocycles. The van der Waals surface area contributed by atoms with Gasteiger partial charge in [-0.2, -0.15) is 0 Å². The summed E-state index contributed by atoms with van der Waals surface area (Å²) in [6.45, 7) is 4.92. The second kappa shape index (κ2) is 11.5. The lowest BCUT2D eigenvalue weighted by Gasteiger charge is -2.38. The molecule has 0 radical (unpaired) electrons. The third-order valence-corrected chi connectivity index (χ3v) is 6.68. The number of nitrogens with one attached hydrogen (secondary N) is 2. The van der Waals surface area contributed by atoms with Crippen molar-refractivity contribution in [1.29, 1.82) is 0 Å². The largest absolute Gasteiger partial charge is 0.573 e. The minimum absolute atomic E-state index is 0.102. The molecule has 1 aliphatic rings. The van der Waals surface area contributed by atoms with E-state index in [0.717, 1.165) is 54.5 Å². The Kier molecular flexibility index (Phi) is 8.33. The molecule has 0 spiro atoms. The number of pyridine rings is 1. The lowest BCUT2D eigenvalue weighted by molar-refractivity contribution is -0.274. The van der Waals surface area contributed by atoms with Crippen LogP contribution in [0.2, 0.25) is 0 Å². The van der Waals surface area contributed by atoms with Gasteiger partial charge < -0.3 is 19.8 Å². The summed E-state index contributed by atoms with van der Waals surface area (Å²) in [5.41, 5.74) is 3.00. The molecule has 36 heavy (non-hydrogen) atoms.